The summed E-state index contributed by atoms with van der Waals surface area (Å²) in [6.45, 7) is -0.182. The van der Waals surface area contributed by atoms with Crippen LogP contribution in [-0.2, 0) is 14.3 Å². The summed E-state index contributed by atoms with van der Waals surface area (Å²) >= 11 is 1.44. The first-order valence-corrected chi connectivity index (χ1v) is 7.41. The van der Waals surface area contributed by atoms with E-state index >= 15 is 0 Å². The van der Waals surface area contributed by atoms with Crippen molar-refractivity contribution in [1.29, 1.82) is 0 Å². The quantitative estimate of drug-likeness (QED) is 0.657. The summed E-state index contributed by atoms with van der Waals surface area (Å²) in [6, 6.07) is 8.51. The number of carbonyl (C=O) groups excluding carboxylic acids is 1. The van der Waals surface area contributed by atoms with E-state index in [4.69, 9.17) is 11.2 Å². The molecule has 1 aromatic rings. The number of amides is 1. The molecule has 0 bridgehead atoms. The van der Waals surface area contributed by atoms with E-state index in [1.54, 1.807) is 0 Å². The third kappa shape index (κ3) is 3.57. The SMILES string of the molecule is C#CCOCC(=O)N1[C@@H](c2ccccc2)SC[C@H]1C(=O)O. The zero-order valence-corrected chi connectivity index (χ0v) is 12.1. The number of hydrogen-bond donors (Lipinski definition) is 1. The fraction of sp³-hybridized carbons (Fsp3) is 0.333. The predicted molar refractivity (Wildman–Crippen MR) is 79.6 cm³/mol. The number of aliphatic carboxylic acids is 1. The van der Waals surface area contributed by atoms with E-state index in [1.807, 2.05) is 30.3 Å². The second-order valence-corrected chi connectivity index (χ2v) is 5.56. The molecule has 1 N–H and O–H groups in total. The average molecular weight is 305 g/mol. The zero-order valence-electron chi connectivity index (χ0n) is 11.3. The first-order valence-electron chi connectivity index (χ1n) is 6.37. The fourth-order valence-corrected chi connectivity index (χ4v) is 3.59. The van der Waals surface area contributed by atoms with Crippen LogP contribution in [0.2, 0.25) is 0 Å². The number of carboxylic acids is 1. The Hall–Kier alpha value is -1.97. The van der Waals surface area contributed by atoms with E-state index in [1.165, 1.54) is 16.7 Å². The maximum absolute atomic E-state index is 12.3. The molecule has 0 unspecified atom stereocenters. The van der Waals surface area contributed by atoms with Crippen molar-refractivity contribution in [2.45, 2.75) is 11.4 Å². The highest BCUT2D eigenvalue weighted by Crippen LogP contribution is 2.41. The average Bonchev–Trinajstić information content (AvgIpc) is 2.93. The normalized spacial score (nSPS) is 21.0. The molecule has 0 radical (unpaired) electrons. The summed E-state index contributed by atoms with van der Waals surface area (Å²) in [5.74, 6) is 1.26. The summed E-state index contributed by atoms with van der Waals surface area (Å²) in [6.07, 6.45) is 5.06. The monoisotopic (exact) mass is 305 g/mol. The van der Waals surface area contributed by atoms with Gasteiger partial charge in [0.15, 0.2) is 0 Å². The maximum Gasteiger partial charge on any atom is 0.327 e. The molecular weight excluding hydrogens is 290 g/mol. The van der Waals surface area contributed by atoms with Crippen LogP contribution in [0.3, 0.4) is 0 Å². The molecule has 1 fully saturated rings. The molecule has 110 valence electrons. The number of carboxylic acid groups (broad SMARTS) is 1. The van der Waals surface area contributed by atoms with Gasteiger partial charge in [0.1, 0.15) is 24.6 Å². The van der Waals surface area contributed by atoms with Gasteiger partial charge < -0.3 is 14.7 Å². The van der Waals surface area contributed by atoms with Crippen LogP contribution in [0.25, 0.3) is 0 Å². The van der Waals surface area contributed by atoms with E-state index in [0.717, 1.165) is 5.56 Å². The van der Waals surface area contributed by atoms with Crippen LogP contribution >= 0.6 is 11.8 Å². The molecular formula is C15H15NO4S. The highest BCUT2D eigenvalue weighted by Gasteiger charge is 2.42. The number of thioether (sulfide) groups is 1. The van der Waals surface area contributed by atoms with Gasteiger partial charge in [0.25, 0.3) is 5.91 Å². The summed E-state index contributed by atoms with van der Waals surface area (Å²) in [7, 11) is 0. The number of carbonyl (C=O) groups is 2. The lowest BCUT2D eigenvalue weighted by molar-refractivity contribution is -0.151. The Bertz CT molecular complexity index is 555. The van der Waals surface area contributed by atoms with Gasteiger partial charge in [-0.05, 0) is 5.56 Å². The number of hydrogen-bond acceptors (Lipinski definition) is 4. The van der Waals surface area contributed by atoms with E-state index in [0.29, 0.717) is 5.75 Å². The van der Waals surface area contributed by atoms with Crippen molar-refractivity contribution in [1.82, 2.24) is 4.90 Å². The van der Waals surface area contributed by atoms with Gasteiger partial charge in [-0.3, -0.25) is 4.79 Å². The summed E-state index contributed by atoms with van der Waals surface area (Å²) < 4.78 is 5.04. The Morgan fingerprint density at radius 3 is 2.76 bits per heavy atom. The molecule has 21 heavy (non-hydrogen) atoms. The van der Waals surface area contributed by atoms with E-state index in [-0.39, 0.29) is 24.5 Å². The zero-order chi connectivity index (χ0) is 15.2. The highest BCUT2D eigenvalue weighted by molar-refractivity contribution is 7.99. The number of benzene rings is 1. The van der Waals surface area contributed by atoms with Crippen molar-refractivity contribution in [3.05, 3.63) is 35.9 Å². The molecule has 1 amide bonds. The van der Waals surface area contributed by atoms with Gasteiger partial charge in [0.2, 0.25) is 0 Å². The van der Waals surface area contributed by atoms with Crippen LogP contribution in [0.5, 0.6) is 0 Å². The van der Waals surface area contributed by atoms with Crippen LogP contribution in [-0.4, -0.2) is 46.9 Å². The minimum Gasteiger partial charge on any atom is -0.480 e. The lowest BCUT2D eigenvalue weighted by atomic mass is 10.1. The molecule has 2 atom stereocenters. The minimum atomic E-state index is -1.01. The first kappa shape index (κ1) is 15.4. The molecule has 5 nitrogen and oxygen atoms in total. The predicted octanol–water partition coefficient (Wildman–Crippen LogP) is 1.36. The Kier molecular flexibility index (Phi) is 5.26. The highest BCUT2D eigenvalue weighted by atomic mass is 32.2. The van der Waals surface area contributed by atoms with Gasteiger partial charge >= 0.3 is 5.97 Å². The van der Waals surface area contributed by atoms with Crippen LogP contribution in [0.1, 0.15) is 10.9 Å². The third-order valence-electron chi connectivity index (χ3n) is 3.07. The summed E-state index contributed by atoms with van der Waals surface area (Å²) in [4.78, 5) is 25.0. The second kappa shape index (κ2) is 7.16. The Morgan fingerprint density at radius 1 is 1.43 bits per heavy atom. The van der Waals surface area contributed by atoms with E-state index in [2.05, 4.69) is 5.92 Å². The topological polar surface area (TPSA) is 66.8 Å². The van der Waals surface area contributed by atoms with E-state index < -0.39 is 12.0 Å². The fourth-order valence-electron chi connectivity index (χ4n) is 2.15. The number of terminal acetylenes is 1. The smallest absolute Gasteiger partial charge is 0.327 e. The third-order valence-corrected chi connectivity index (χ3v) is 4.39. The molecule has 1 heterocycles. The summed E-state index contributed by atoms with van der Waals surface area (Å²) in [5.41, 5.74) is 0.900. The molecule has 6 heteroatoms. The maximum atomic E-state index is 12.3. The molecule has 1 aliphatic rings. The van der Waals surface area contributed by atoms with Crippen LogP contribution in [0.4, 0.5) is 0 Å². The number of ether oxygens (including phenoxy) is 1. The lowest BCUT2D eigenvalue weighted by Gasteiger charge is -2.27. The number of rotatable bonds is 5. The molecule has 1 aliphatic heterocycles. The Balaban J connectivity index is 2.19. The van der Waals surface area contributed by atoms with E-state index in [9.17, 15) is 14.7 Å². The minimum absolute atomic E-state index is 0.0282. The van der Waals surface area contributed by atoms with Crippen LogP contribution < -0.4 is 0 Å². The summed E-state index contributed by atoms with van der Waals surface area (Å²) in [5, 5.41) is 8.98. The molecule has 0 aromatic heterocycles. The van der Waals surface area contributed by atoms with Crippen LogP contribution in [0.15, 0.2) is 30.3 Å². The number of nitrogens with zero attached hydrogens (tertiary/aromatic N) is 1. The van der Waals surface area contributed by atoms with Gasteiger partial charge in [-0.15, -0.1) is 18.2 Å². The van der Waals surface area contributed by atoms with Crippen molar-refractivity contribution in [3.63, 3.8) is 0 Å². The Labute approximate surface area is 127 Å². The standard InChI is InChI=1S/C15H15NO4S/c1-2-8-20-9-13(17)16-12(15(18)19)10-21-14(16)11-6-4-3-5-7-11/h1,3-7,12,14H,8-10H2,(H,18,19)/t12-,14+/m0/s1. The molecule has 0 saturated carbocycles. The van der Waals surface area contributed by atoms with Gasteiger partial charge in [0.05, 0.1) is 0 Å². The second-order valence-electron chi connectivity index (χ2n) is 4.45. The van der Waals surface area contributed by atoms with Crippen LogP contribution in [0, 0.1) is 12.3 Å². The van der Waals surface area contributed by atoms with Crippen molar-refractivity contribution in [2.24, 2.45) is 0 Å². The van der Waals surface area contributed by atoms with Crippen molar-refractivity contribution in [2.75, 3.05) is 19.0 Å². The van der Waals surface area contributed by atoms with Crippen molar-refractivity contribution in [3.8, 4) is 12.3 Å². The van der Waals surface area contributed by atoms with Crippen molar-refractivity contribution >= 4 is 23.6 Å². The van der Waals surface area contributed by atoms with Gasteiger partial charge in [-0.25, -0.2) is 4.79 Å². The molecule has 1 saturated heterocycles. The van der Waals surface area contributed by atoms with Gasteiger partial charge in [0, 0.05) is 5.75 Å². The molecule has 2 rings (SSSR count). The first-order chi connectivity index (χ1) is 10.1. The van der Waals surface area contributed by atoms with Gasteiger partial charge in [-0.2, -0.15) is 0 Å². The molecule has 0 spiro atoms. The molecule has 1 aromatic carbocycles. The molecule has 0 aliphatic carbocycles. The van der Waals surface area contributed by atoms with Gasteiger partial charge in [-0.1, -0.05) is 36.3 Å². The lowest BCUT2D eigenvalue weighted by Crippen LogP contribution is -2.44. The van der Waals surface area contributed by atoms with Crippen molar-refractivity contribution < 1.29 is 19.4 Å². The largest absolute Gasteiger partial charge is 0.480 e. The Morgan fingerprint density at radius 2 is 2.14 bits per heavy atom.